The molecule has 1 aliphatic heterocycles. The highest BCUT2D eigenvalue weighted by atomic mass is 32.2. The molecule has 4 rings (SSSR count). The van der Waals surface area contributed by atoms with Gasteiger partial charge in [0.1, 0.15) is 0 Å². The quantitative estimate of drug-likeness (QED) is 0.503. The molecular formula is C23H24N4O5S3. The molecule has 35 heavy (non-hydrogen) atoms. The number of benzene rings is 2. The second-order valence-corrected chi connectivity index (χ2v) is 12.9. The molecule has 2 N–H and O–H groups in total. The second-order valence-electron chi connectivity index (χ2n) is 8.40. The van der Waals surface area contributed by atoms with Crippen LogP contribution in [-0.4, -0.2) is 44.7 Å². The molecule has 1 aliphatic rings. The molecule has 1 aromatic heterocycles. The Labute approximate surface area is 208 Å². The average Bonchev–Trinajstić information content (AvgIpc) is 3.15. The van der Waals surface area contributed by atoms with Crippen molar-refractivity contribution in [1.29, 1.82) is 0 Å². The Hall–Kier alpha value is -2.82. The SMILES string of the molecule is C#CCn1c(=NC(=O)c2ccc(S(=O)(=O)N3CCC[C@@H](C)C3)cc2)sc2cc(S(N)(=O)=O)ccc21. The molecule has 0 unspecified atom stereocenters. The van der Waals surface area contributed by atoms with E-state index in [4.69, 9.17) is 11.6 Å². The third kappa shape index (κ3) is 5.24. The molecule has 1 saturated heterocycles. The van der Waals surface area contributed by atoms with Gasteiger partial charge in [-0.2, -0.15) is 9.30 Å². The number of fused-ring (bicyclic) bond motifs is 1. The van der Waals surface area contributed by atoms with Crippen molar-refractivity contribution in [3.63, 3.8) is 0 Å². The molecule has 0 spiro atoms. The van der Waals surface area contributed by atoms with Gasteiger partial charge in [-0.3, -0.25) is 4.79 Å². The van der Waals surface area contributed by atoms with Gasteiger partial charge < -0.3 is 4.57 Å². The van der Waals surface area contributed by atoms with E-state index in [2.05, 4.69) is 10.9 Å². The van der Waals surface area contributed by atoms with E-state index in [0.717, 1.165) is 24.2 Å². The fourth-order valence-corrected chi connectivity index (χ4v) is 7.27. The summed E-state index contributed by atoms with van der Waals surface area (Å²) in [5, 5.41) is 5.22. The van der Waals surface area contributed by atoms with E-state index in [-0.39, 0.29) is 26.7 Å². The van der Waals surface area contributed by atoms with Gasteiger partial charge in [-0.1, -0.05) is 24.2 Å². The minimum absolute atomic E-state index is 0.0584. The monoisotopic (exact) mass is 532 g/mol. The van der Waals surface area contributed by atoms with Crippen LogP contribution in [0.2, 0.25) is 0 Å². The molecule has 0 radical (unpaired) electrons. The Kier molecular flexibility index (Phi) is 6.99. The lowest BCUT2D eigenvalue weighted by Gasteiger charge is -2.30. The number of primary sulfonamides is 1. The summed E-state index contributed by atoms with van der Waals surface area (Å²) >= 11 is 1.10. The van der Waals surface area contributed by atoms with Gasteiger partial charge in [-0.15, -0.1) is 6.42 Å². The van der Waals surface area contributed by atoms with Crippen LogP contribution < -0.4 is 9.94 Å². The van der Waals surface area contributed by atoms with Crippen molar-refractivity contribution in [1.82, 2.24) is 8.87 Å². The third-order valence-corrected chi connectivity index (χ3v) is 9.62. The predicted octanol–water partition coefficient (Wildman–Crippen LogP) is 2.15. The zero-order valence-corrected chi connectivity index (χ0v) is 21.4. The number of hydrogen-bond acceptors (Lipinski definition) is 6. The summed E-state index contributed by atoms with van der Waals surface area (Å²) in [6.45, 7) is 3.11. The number of carbonyl (C=O) groups is 1. The first-order valence-electron chi connectivity index (χ1n) is 10.8. The van der Waals surface area contributed by atoms with Gasteiger partial charge >= 0.3 is 0 Å². The molecule has 0 saturated carbocycles. The van der Waals surface area contributed by atoms with Gasteiger partial charge in [-0.25, -0.2) is 22.0 Å². The van der Waals surface area contributed by atoms with Crippen molar-refractivity contribution in [2.45, 2.75) is 36.1 Å². The van der Waals surface area contributed by atoms with Crippen LogP contribution in [0.5, 0.6) is 0 Å². The Morgan fingerprint density at radius 2 is 1.86 bits per heavy atom. The maximum absolute atomic E-state index is 13.0. The number of amides is 1. The fraction of sp³-hybridized carbons (Fsp3) is 0.304. The smallest absolute Gasteiger partial charge is 0.279 e. The number of nitrogens with two attached hydrogens (primary N) is 1. The van der Waals surface area contributed by atoms with Crippen molar-refractivity contribution >= 4 is 47.5 Å². The summed E-state index contributed by atoms with van der Waals surface area (Å²) < 4.78 is 53.0. The van der Waals surface area contributed by atoms with Gasteiger partial charge in [0.05, 0.1) is 26.6 Å². The van der Waals surface area contributed by atoms with Crippen molar-refractivity contribution in [2.75, 3.05) is 13.1 Å². The molecule has 3 aromatic rings. The first-order chi connectivity index (χ1) is 16.5. The number of rotatable bonds is 5. The highest BCUT2D eigenvalue weighted by molar-refractivity contribution is 7.89. The minimum Gasteiger partial charge on any atom is -0.305 e. The molecule has 184 valence electrons. The molecule has 2 heterocycles. The Morgan fingerprint density at radius 1 is 1.17 bits per heavy atom. The number of terminal acetylenes is 1. The Morgan fingerprint density at radius 3 is 2.49 bits per heavy atom. The lowest BCUT2D eigenvalue weighted by molar-refractivity contribution is 0.0997. The van der Waals surface area contributed by atoms with Gasteiger partial charge in [0.2, 0.25) is 20.0 Å². The number of sulfonamides is 2. The number of thiazole rings is 1. The van der Waals surface area contributed by atoms with Crippen molar-refractivity contribution in [3.8, 4) is 12.3 Å². The fourth-order valence-electron chi connectivity index (χ4n) is 3.99. The molecule has 1 atom stereocenters. The number of aromatic nitrogens is 1. The average molecular weight is 533 g/mol. The van der Waals surface area contributed by atoms with E-state index < -0.39 is 26.0 Å². The van der Waals surface area contributed by atoms with Crippen LogP contribution in [-0.2, 0) is 26.6 Å². The second kappa shape index (κ2) is 9.67. The molecule has 2 aromatic carbocycles. The first kappa shape index (κ1) is 25.3. The molecule has 12 heteroatoms. The summed E-state index contributed by atoms with van der Waals surface area (Å²) in [5.41, 5.74) is 0.829. The van der Waals surface area contributed by atoms with Crippen LogP contribution in [0.15, 0.2) is 57.2 Å². The van der Waals surface area contributed by atoms with Crippen LogP contribution in [0.1, 0.15) is 30.1 Å². The summed E-state index contributed by atoms with van der Waals surface area (Å²) in [6, 6.07) is 10.0. The van der Waals surface area contributed by atoms with E-state index in [1.165, 1.54) is 40.7 Å². The van der Waals surface area contributed by atoms with Gasteiger partial charge in [0, 0.05) is 18.7 Å². The largest absolute Gasteiger partial charge is 0.305 e. The summed E-state index contributed by atoms with van der Waals surface area (Å²) in [5.74, 6) is 2.22. The maximum atomic E-state index is 13.0. The predicted molar refractivity (Wildman–Crippen MR) is 134 cm³/mol. The molecule has 1 amide bonds. The van der Waals surface area contributed by atoms with E-state index in [1.54, 1.807) is 10.6 Å². The number of nitrogens with zero attached hydrogens (tertiary/aromatic N) is 3. The van der Waals surface area contributed by atoms with E-state index in [0.29, 0.717) is 29.2 Å². The highest BCUT2D eigenvalue weighted by Gasteiger charge is 2.28. The molecule has 0 aliphatic carbocycles. The lowest BCUT2D eigenvalue weighted by atomic mass is 10.0. The minimum atomic E-state index is -3.90. The lowest BCUT2D eigenvalue weighted by Crippen LogP contribution is -2.39. The molecule has 0 bridgehead atoms. The Balaban J connectivity index is 1.67. The molecular weight excluding hydrogens is 508 g/mol. The standard InChI is InChI=1S/C23H24N4O5S3/c1-3-12-27-20-11-10-19(34(24,29)30)14-21(20)33-23(27)25-22(28)17-6-8-18(9-7-17)35(31,32)26-13-4-5-16(2)15-26/h1,6-11,14,16H,4-5,12-13,15H2,2H3,(H2,24,29,30)/t16-/m1/s1. The van der Waals surface area contributed by atoms with Gasteiger partial charge in [0.25, 0.3) is 5.91 Å². The van der Waals surface area contributed by atoms with Crippen LogP contribution >= 0.6 is 11.3 Å². The highest BCUT2D eigenvalue weighted by Crippen LogP contribution is 2.24. The Bertz CT molecular complexity index is 1610. The van der Waals surface area contributed by atoms with Crippen LogP contribution in [0.3, 0.4) is 0 Å². The zero-order chi connectivity index (χ0) is 25.4. The summed E-state index contributed by atoms with van der Waals surface area (Å²) in [7, 11) is -7.53. The van der Waals surface area contributed by atoms with Crippen molar-refractivity contribution in [2.24, 2.45) is 16.0 Å². The molecule has 9 nitrogen and oxygen atoms in total. The van der Waals surface area contributed by atoms with E-state index in [1.807, 2.05) is 6.92 Å². The maximum Gasteiger partial charge on any atom is 0.279 e. The number of hydrogen-bond donors (Lipinski definition) is 1. The zero-order valence-electron chi connectivity index (χ0n) is 18.9. The summed E-state index contributed by atoms with van der Waals surface area (Å²) in [6.07, 6.45) is 7.30. The van der Waals surface area contributed by atoms with Gasteiger partial charge in [-0.05, 0) is 61.2 Å². The topological polar surface area (TPSA) is 132 Å². The van der Waals surface area contributed by atoms with Gasteiger partial charge in [0.15, 0.2) is 4.80 Å². The van der Waals surface area contributed by atoms with Crippen LogP contribution in [0.25, 0.3) is 10.2 Å². The first-order valence-corrected chi connectivity index (χ1v) is 14.6. The van der Waals surface area contributed by atoms with Crippen molar-refractivity contribution < 1.29 is 21.6 Å². The van der Waals surface area contributed by atoms with Crippen LogP contribution in [0, 0.1) is 18.3 Å². The third-order valence-electron chi connectivity index (χ3n) is 5.79. The normalized spacial score (nSPS) is 18.0. The number of carbonyl (C=O) groups excluding carboxylic acids is 1. The molecule has 1 fully saturated rings. The summed E-state index contributed by atoms with van der Waals surface area (Å²) in [4.78, 5) is 17.4. The van der Waals surface area contributed by atoms with Crippen molar-refractivity contribution in [3.05, 3.63) is 52.8 Å². The van der Waals surface area contributed by atoms with E-state index in [9.17, 15) is 21.6 Å². The number of piperidine rings is 1. The van der Waals surface area contributed by atoms with E-state index >= 15 is 0 Å². The van der Waals surface area contributed by atoms with Crippen LogP contribution in [0.4, 0.5) is 0 Å².